The van der Waals surface area contributed by atoms with Gasteiger partial charge in [-0.05, 0) is 32.0 Å². The summed E-state index contributed by atoms with van der Waals surface area (Å²) >= 11 is 5.83. The van der Waals surface area contributed by atoms with Gasteiger partial charge in [0.05, 0.1) is 0 Å². The highest BCUT2D eigenvalue weighted by Crippen LogP contribution is 2.18. The van der Waals surface area contributed by atoms with Crippen LogP contribution in [-0.4, -0.2) is 18.1 Å². The molecule has 1 N–H and O–H groups in total. The Labute approximate surface area is 112 Å². The summed E-state index contributed by atoms with van der Waals surface area (Å²) in [5.74, 6) is 2.86. The van der Waals surface area contributed by atoms with Gasteiger partial charge in [-0.25, -0.2) is 0 Å². The smallest absolute Gasteiger partial charge is 0.261 e. The van der Waals surface area contributed by atoms with Crippen molar-refractivity contribution in [2.45, 2.75) is 32.4 Å². The number of carbonyl (C=O) groups excluding carboxylic acids is 1. The molecule has 96 valence electrons. The van der Waals surface area contributed by atoms with E-state index >= 15 is 0 Å². The molecule has 0 heterocycles. The quantitative estimate of drug-likeness (QED) is 0.831. The van der Waals surface area contributed by atoms with Crippen LogP contribution in [0.25, 0.3) is 0 Å². The van der Waals surface area contributed by atoms with E-state index in [9.17, 15) is 4.79 Å². The van der Waals surface area contributed by atoms with Gasteiger partial charge in [0.1, 0.15) is 5.75 Å². The first-order valence-corrected chi connectivity index (χ1v) is 6.06. The third-order valence-electron chi connectivity index (χ3n) is 2.29. The lowest BCUT2D eigenvalue weighted by atomic mass is 10.2. The Kier molecular flexibility index (Phi) is 5.54. The second-order valence-electron chi connectivity index (χ2n) is 4.04. The van der Waals surface area contributed by atoms with Gasteiger partial charge in [0.2, 0.25) is 0 Å². The van der Waals surface area contributed by atoms with Crippen LogP contribution in [0.2, 0.25) is 5.02 Å². The van der Waals surface area contributed by atoms with Gasteiger partial charge in [-0.2, -0.15) is 0 Å². The van der Waals surface area contributed by atoms with Crippen LogP contribution in [0.4, 0.5) is 0 Å². The van der Waals surface area contributed by atoms with Crippen LogP contribution < -0.4 is 10.1 Å². The largest absolute Gasteiger partial charge is 0.481 e. The van der Waals surface area contributed by atoms with Crippen LogP contribution in [0.5, 0.6) is 5.75 Å². The summed E-state index contributed by atoms with van der Waals surface area (Å²) in [6, 6.07) is 6.86. The number of carbonyl (C=O) groups is 1. The van der Waals surface area contributed by atoms with Gasteiger partial charge in [-0.15, -0.1) is 12.3 Å². The molecule has 0 radical (unpaired) electrons. The molecule has 1 rings (SSSR count). The Morgan fingerprint density at radius 2 is 2.28 bits per heavy atom. The number of hydrogen-bond acceptors (Lipinski definition) is 2. The molecule has 0 aliphatic heterocycles. The zero-order valence-corrected chi connectivity index (χ0v) is 11.2. The first-order chi connectivity index (χ1) is 8.52. The topological polar surface area (TPSA) is 38.3 Å². The summed E-state index contributed by atoms with van der Waals surface area (Å²) < 4.78 is 5.49. The van der Waals surface area contributed by atoms with Gasteiger partial charge >= 0.3 is 0 Å². The van der Waals surface area contributed by atoms with Gasteiger partial charge in [0.15, 0.2) is 6.10 Å². The fourth-order valence-corrected chi connectivity index (χ4v) is 1.57. The molecule has 0 aliphatic carbocycles. The van der Waals surface area contributed by atoms with Crippen LogP contribution in [0.3, 0.4) is 0 Å². The molecular weight excluding hydrogens is 250 g/mol. The Morgan fingerprint density at radius 3 is 2.89 bits per heavy atom. The van der Waals surface area contributed by atoms with Gasteiger partial charge < -0.3 is 10.1 Å². The van der Waals surface area contributed by atoms with E-state index in [2.05, 4.69) is 11.2 Å². The lowest BCUT2D eigenvalue weighted by Crippen LogP contribution is -2.41. The number of nitrogens with one attached hydrogen (secondary N) is 1. The van der Waals surface area contributed by atoms with E-state index < -0.39 is 6.10 Å². The van der Waals surface area contributed by atoms with Crippen LogP contribution in [0.1, 0.15) is 20.3 Å². The number of terminal acetylenes is 1. The van der Waals surface area contributed by atoms with Crippen molar-refractivity contribution in [1.29, 1.82) is 0 Å². The Hall–Kier alpha value is -1.66. The monoisotopic (exact) mass is 265 g/mol. The fraction of sp³-hybridized carbons (Fsp3) is 0.357. The summed E-state index contributed by atoms with van der Waals surface area (Å²) in [5, 5.41) is 3.35. The average molecular weight is 266 g/mol. The van der Waals surface area contributed by atoms with Crippen LogP contribution in [0, 0.1) is 12.3 Å². The summed E-state index contributed by atoms with van der Waals surface area (Å²) in [6.45, 7) is 3.53. The number of hydrogen-bond donors (Lipinski definition) is 1. The normalized spacial score (nSPS) is 13.2. The van der Waals surface area contributed by atoms with Crippen molar-refractivity contribution in [3.05, 3.63) is 29.3 Å². The molecule has 0 saturated carbocycles. The highest BCUT2D eigenvalue weighted by Gasteiger charge is 2.16. The molecule has 0 aromatic heterocycles. The summed E-state index contributed by atoms with van der Waals surface area (Å²) in [7, 11) is 0. The van der Waals surface area contributed by atoms with E-state index in [1.165, 1.54) is 0 Å². The molecule has 1 aromatic rings. The Morgan fingerprint density at radius 1 is 1.56 bits per heavy atom. The Balaban J connectivity index is 2.52. The van der Waals surface area contributed by atoms with Crippen molar-refractivity contribution in [2.24, 2.45) is 0 Å². The lowest BCUT2D eigenvalue weighted by Gasteiger charge is -2.17. The van der Waals surface area contributed by atoms with E-state index in [0.717, 1.165) is 0 Å². The molecule has 3 nitrogen and oxygen atoms in total. The number of rotatable bonds is 5. The van der Waals surface area contributed by atoms with Crippen LogP contribution in [-0.2, 0) is 4.79 Å². The third kappa shape index (κ3) is 4.68. The fourth-order valence-electron chi connectivity index (χ4n) is 1.39. The highest BCUT2D eigenvalue weighted by atomic mass is 35.5. The van der Waals surface area contributed by atoms with E-state index in [0.29, 0.717) is 17.2 Å². The average Bonchev–Trinajstić information content (AvgIpc) is 2.29. The summed E-state index contributed by atoms with van der Waals surface area (Å²) in [5.41, 5.74) is 0. The van der Waals surface area contributed by atoms with Crippen molar-refractivity contribution in [1.82, 2.24) is 5.32 Å². The second-order valence-corrected chi connectivity index (χ2v) is 4.47. The highest BCUT2D eigenvalue weighted by molar-refractivity contribution is 6.30. The maximum absolute atomic E-state index is 11.8. The van der Waals surface area contributed by atoms with Gasteiger partial charge in [0.25, 0.3) is 5.91 Å². The number of halogens is 1. The molecule has 0 bridgehead atoms. The second kappa shape index (κ2) is 6.93. The lowest BCUT2D eigenvalue weighted by molar-refractivity contribution is -0.127. The van der Waals surface area contributed by atoms with Crippen molar-refractivity contribution >= 4 is 17.5 Å². The van der Waals surface area contributed by atoms with E-state index in [-0.39, 0.29) is 11.9 Å². The zero-order chi connectivity index (χ0) is 13.5. The predicted molar refractivity (Wildman–Crippen MR) is 72.6 cm³/mol. The van der Waals surface area contributed by atoms with Crippen molar-refractivity contribution in [3.8, 4) is 18.1 Å². The number of amides is 1. The molecule has 0 spiro atoms. The molecule has 18 heavy (non-hydrogen) atoms. The minimum atomic E-state index is -0.594. The van der Waals surface area contributed by atoms with Crippen molar-refractivity contribution in [3.63, 3.8) is 0 Å². The number of ether oxygens (including phenoxy) is 1. The minimum Gasteiger partial charge on any atom is -0.481 e. The first kappa shape index (κ1) is 14.4. The Bertz CT molecular complexity index is 453. The summed E-state index contributed by atoms with van der Waals surface area (Å²) in [4.78, 5) is 11.8. The van der Waals surface area contributed by atoms with E-state index in [1.54, 1.807) is 31.2 Å². The van der Waals surface area contributed by atoms with Gasteiger partial charge in [-0.3, -0.25) is 4.79 Å². The first-order valence-electron chi connectivity index (χ1n) is 5.69. The maximum atomic E-state index is 11.8. The molecule has 0 saturated heterocycles. The molecule has 2 unspecified atom stereocenters. The van der Waals surface area contributed by atoms with E-state index in [4.69, 9.17) is 22.8 Å². The standard InChI is InChI=1S/C14H16ClNO2/c1-4-6-10(2)16-14(17)11(3)18-13-8-5-7-12(15)9-13/h1,5,7-11H,6H2,2-3H3,(H,16,17). The zero-order valence-electron chi connectivity index (χ0n) is 10.4. The molecule has 0 aliphatic rings. The molecule has 1 amide bonds. The third-order valence-corrected chi connectivity index (χ3v) is 2.53. The van der Waals surface area contributed by atoms with Gasteiger partial charge in [0, 0.05) is 17.5 Å². The molecular formula is C14H16ClNO2. The molecule has 0 fully saturated rings. The van der Waals surface area contributed by atoms with Crippen LogP contribution in [0.15, 0.2) is 24.3 Å². The minimum absolute atomic E-state index is 0.0621. The van der Waals surface area contributed by atoms with Crippen molar-refractivity contribution in [2.75, 3.05) is 0 Å². The van der Waals surface area contributed by atoms with Crippen LogP contribution >= 0.6 is 11.6 Å². The predicted octanol–water partition coefficient (Wildman–Crippen LogP) is 2.64. The molecule has 4 heteroatoms. The van der Waals surface area contributed by atoms with E-state index in [1.807, 2.05) is 6.92 Å². The maximum Gasteiger partial charge on any atom is 0.261 e. The van der Waals surface area contributed by atoms with Gasteiger partial charge in [-0.1, -0.05) is 17.7 Å². The molecule has 2 atom stereocenters. The SMILES string of the molecule is C#CCC(C)NC(=O)C(C)Oc1cccc(Cl)c1. The summed E-state index contributed by atoms with van der Waals surface area (Å²) in [6.07, 6.45) is 5.08. The number of benzene rings is 1. The van der Waals surface area contributed by atoms with Crippen molar-refractivity contribution < 1.29 is 9.53 Å². The molecule has 1 aromatic carbocycles.